The second kappa shape index (κ2) is 6.83. The Bertz CT molecular complexity index is 536. The van der Waals surface area contributed by atoms with Crippen molar-refractivity contribution in [2.75, 3.05) is 0 Å². The van der Waals surface area contributed by atoms with E-state index in [-0.39, 0.29) is 17.2 Å². The van der Waals surface area contributed by atoms with E-state index in [1.54, 1.807) is 0 Å². The highest BCUT2D eigenvalue weighted by Gasteiger charge is 2.18. The van der Waals surface area contributed by atoms with Crippen LogP contribution in [-0.2, 0) is 0 Å². The van der Waals surface area contributed by atoms with Gasteiger partial charge in [-0.1, -0.05) is 13.8 Å². The predicted molar refractivity (Wildman–Crippen MR) is 76.4 cm³/mol. The summed E-state index contributed by atoms with van der Waals surface area (Å²) in [5.74, 6) is -1.45. The molecule has 2 N–H and O–H groups in total. The summed E-state index contributed by atoms with van der Waals surface area (Å²) in [4.78, 5) is 33.1. The van der Waals surface area contributed by atoms with E-state index in [4.69, 9.17) is 5.11 Å². The van der Waals surface area contributed by atoms with Crippen molar-refractivity contribution in [3.63, 3.8) is 0 Å². The summed E-state index contributed by atoms with van der Waals surface area (Å²) in [6, 6.07) is 3.03. The van der Waals surface area contributed by atoms with E-state index in [2.05, 4.69) is 5.32 Å². The number of aromatic carboxylic acids is 1. The Labute approximate surface area is 122 Å². The van der Waals surface area contributed by atoms with Crippen molar-refractivity contribution in [2.45, 2.75) is 33.2 Å². The molecule has 1 atom stereocenters. The zero-order chi connectivity index (χ0) is 16.2. The topological polar surface area (TPSA) is 110 Å². The molecular formula is C14H18N2O5. The molecule has 0 saturated heterocycles. The van der Waals surface area contributed by atoms with Gasteiger partial charge in [0.15, 0.2) is 0 Å². The van der Waals surface area contributed by atoms with E-state index >= 15 is 0 Å². The maximum absolute atomic E-state index is 12.1. The van der Waals surface area contributed by atoms with Crippen molar-refractivity contribution in [3.05, 3.63) is 39.4 Å². The number of rotatable bonds is 6. The minimum Gasteiger partial charge on any atom is -0.478 e. The van der Waals surface area contributed by atoms with E-state index in [1.165, 1.54) is 0 Å². The zero-order valence-electron chi connectivity index (χ0n) is 12.1. The molecule has 1 rings (SSSR count). The van der Waals surface area contributed by atoms with Crippen molar-refractivity contribution in [2.24, 2.45) is 5.92 Å². The van der Waals surface area contributed by atoms with Gasteiger partial charge in [0.1, 0.15) is 0 Å². The molecule has 0 aliphatic heterocycles. The van der Waals surface area contributed by atoms with Crippen LogP contribution in [0.1, 0.15) is 47.9 Å². The number of carboxylic acid groups (broad SMARTS) is 1. The number of carbonyl (C=O) groups is 2. The molecule has 0 heterocycles. The highest BCUT2D eigenvalue weighted by molar-refractivity contribution is 5.98. The standard InChI is InChI=1S/C14H18N2O5/c1-8(2)4-9(3)15-13(17)10-5-11(14(18)19)7-12(6-10)16(20)21/h5-9H,4H2,1-3H3,(H,15,17)(H,18,19). The molecule has 0 radical (unpaired) electrons. The average molecular weight is 294 g/mol. The van der Waals surface area contributed by atoms with E-state index in [9.17, 15) is 19.7 Å². The molecule has 1 aromatic rings. The third-order valence-electron chi connectivity index (χ3n) is 2.84. The van der Waals surface area contributed by atoms with Crippen LogP contribution in [-0.4, -0.2) is 27.9 Å². The van der Waals surface area contributed by atoms with Crippen molar-refractivity contribution >= 4 is 17.6 Å². The third kappa shape index (κ3) is 4.87. The molecule has 1 aromatic carbocycles. The fourth-order valence-corrected chi connectivity index (χ4v) is 2.04. The van der Waals surface area contributed by atoms with E-state index in [0.29, 0.717) is 5.92 Å². The minimum atomic E-state index is -1.32. The van der Waals surface area contributed by atoms with E-state index in [0.717, 1.165) is 24.6 Å². The molecular weight excluding hydrogens is 276 g/mol. The number of hydrogen-bond acceptors (Lipinski definition) is 4. The first-order valence-electron chi connectivity index (χ1n) is 6.54. The van der Waals surface area contributed by atoms with Gasteiger partial charge >= 0.3 is 5.97 Å². The fraction of sp³-hybridized carbons (Fsp3) is 0.429. The van der Waals surface area contributed by atoms with Crippen LogP contribution in [0.3, 0.4) is 0 Å². The van der Waals surface area contributed by atoms with Crippen LogP contribution >= 0.6 is 0 Å². The molecule has 114 valence electrons. The minimum absolute atomic E-state index is 0.0304. The molecule has 0 saturated carbocycles. The lowest BCUT2D eigenvalue weighted by Gasteiger charge is -2.16. The lowest BCUT2D eigenvalue weighted by Crippen LogP contribution is -2.33. The molecule has 1 unspecified atom stereocenters. The molecule has 0 bridgehead atoms. The van der Waals surface area contributed by atoms with Gasteiger partial charge in [-0.2, -0.15) is 0 Å². The van der Waals surface area contributed by atoms with Gasteiger partial charge in [0.25, 0.3) is 11.6 Å². The summed E-state index contributed by atoms with van der Waals surface area (Å²) in [5, 5.41) is 22.4. The number of carboxylic acids is 1. The summed E-state index contributed by atoms with van der Waals surface area (Å²) >= 11 is 0. The van der Waals surface area contributed by atoms with Gasteiger partial charge in [-0.05, 0) is 25.3 Å². The van der Waals surface area contributed by atoms with Crippen LogP contribution in [0.25, 0.3) is 0 Å². The SMILES string of the molecule is CC(C)CC(C)NC(=O)c1cc(C(=O)O)cc([N+](=O)[O-])c1. The molecule has 21 heavy (non-hydrogen) atoms. The van der Waals surface area contributed by atoms with Crippen LogP contribution in [0.5, 0.6) is 0 Å². The Morgan fingerprint density at radius 1 is 1.24 bits per heavy atom. The lowest BCUT2D eigenvalue weighted by atomic mass is 10.0. The maximum Gasteiger partial charge on any atom is 0.335 e. The Kier molecular flexibility index (Phi) is 5.40. The van der Waals surface area contributed by atoms with Crippen LogP contribution in [0, 0.1) is 16.0 Å². The number of nitro groups is 1. The second-order valence-electron chi connectivity index (χ2n) is 5.33. The van der Waals surface area contributed by atoms with Crippen molar-refractivity contribution in [1.82, 2.24) is 5.32 Å². The Morgan fingerprint density at radius 2 is 1.81 bits per heavy atom. The predicted octanol–water partition coefficient (Wildman–Crippen LogP) is 2.46. The second-order valence-corrected chi connectivity index (χ2v) is 5.33. The Hall–Kier alpha value is -2.44. The molecule has 7 heteroatoms. The smallest absolute Gasteiger partial charge is 0.335 e. The number of nitrogens with one attached hydrogen (secondary N) is 1. The molecule has 0 aliphatic rings. The van der Waals surface area contributed by atoms with E-state index < -0.39 is 22.5 Å². The summed E-state index contributed by atoms with van der Waals surface area (Å²) in [6.07, 6.45) is 0.756. The molecule has 1 amide bonds. The summed E-state index contributed by atoms with van der Waals surface area (Å²) in [5.41, 5.74) is -0.736. The van der Waals surface area contributed by atoms with Gasteiger partial charge in [0.2, 0.25) is 0 Å². The first kappa shape index (κ1) is 16.6. The lowest BCUT2D eigenvalue weighted by molar-refractivity contribution is -0.384. The first-order valence-corrected chi connectivity index (χ1v) is 6.54. The molecule has 0 fully saturated rings. The quantitative estimate of drug-likeness (QED) is 0.618. The number of hydrogen-bond donors (Lipinski definition) is 2. The number of amides is 1. The Balaban J connectivity index is 3.03. The first-order chi connectivity index (χ1) is 9.70. The number of non-ortho nitro benzene ring substituents is 1. The number of carbonyl (C=O) groups excluding carboxylic acids is 1. The van der Waals surface area contributed by atoms with Crippen LogP contribution in [0.2, 0.25) is 0 Å². The molecule has 0 aliphatic carbocycles. The van der Waals surface area contributed by atoms with Gasteiger partial charge in [0, 0.05) is 23.7 Å². The summed E-state index contributed by atoms with van der Waals surface area (Å²) in [7, 11) is 0. The monoisotopic (exact) mass is 294 g/mol. The third-order valence-corrected chi connectivity index (χ3v) is 2.84. The van der Waals surface area contributed by atoms with E-state index in [1.807, 2.05) is 20.8 Å². The molecule has 0 spiro atoms. The number of benzene rings is 1. The van der Waals surface area contributed by atoms with Crippen molar-refractivity contribution in [1.29, 1.82) is 0 Å². The van der Waals surface area contributed by atoms with Gasteiger partial charge in [-0.25, -0.2) is 4.79 Å². The van der Waals surface area contributed by atoms with Gasteiger partial charge in [-0.3, -0.25) is 14.9 Å². The normalized spacial score (nSPS) is 12.0. The highest BCUT2D eigenvalue weighted by atomic mass is 16.6. The average Bonchev–Trinajstić information content (AvgIpc) is 2.36. The number of nitrogens with zero attached hydrogens (tertiary/aromatic N) is 1. The van der Waals surface area contributed by atoms with Gasteiger partial charge in [-0.15, -0.1) is 0 Å². The zero-order valence-corrected chi connectivity index (χ0v) is 12.1. The maximum atomic E-state index is 12.1. The summed E-state index contributed by atoms with van der Waals surface area (Å²) < 4.78 is 0. The van der Waals surface area contributed by atoms with Crippen LogP contribution in [0.15, 0.2) is 18.2 Å². The van der Waals surface area contributed by atoms with Crippen molar-refractivity contribution < 1.29 is 19.6 Å². The molecule has 7 nitrogen and oxygen atoms in total. The van der Waals surface area contributed by atoms with Gasteiger partial charge < -0.3 is 10.4 Å². The largest absolute Gasteiger partial charge is 0.478 e. The number of nitro benzene ring substituents is 1. The highest BCUT2D eigenvalue weighted by Crippen LogP contribution is 2.18. The Morgan fingerprint density at radius 3 is 2.29 bits per heavy atom. The molecule has 0 aromatic heterocycles. The van der Waals surface area contributed by atoms with Crippen LogP contribution < -0.4 is 5.32 Å². The van der Waals surface area contributed by atoms with Crippen LogP contribution in [0.4, 0.5) is 5.69 Å². The van der Waals surface area contributed by atoms with Crippen molar-refractivity contribution in [3.8, 4) is 0 Å². The fourth-order valence-electron chi connectivity index (χ4n) is 2.04. The van der Waals surface area contributed by atoms with Gasteiger partial charge in [0.05, 0.1) is 10.5 Å². The summed E-state index contributed by atoms with van der Waals surface area (Å²) in [6.45, 7) is 5.85.